The molecule has 1 aliphatic rings. The average Bonchev–Trinajstić information content (AvgIpc) is 3.13. The van der Waals surface area contributed by atoms with Crippen molar-refractivity contribution in [2.24, 2.45) is 0 Å². The summed E-state index contributed by atoms with van der Waals surface area (Å²) in [6.07, 6.45) is 1.76. The Balaban J connectivity index is 2.09. The highest BCUT2D eigenvalue weighted by molar-refractivity contribution is 6.30. The fraction of sp³-hybridized carbons (Fsp3) is 0.304. The number of carbonyl (C=O) groups excluding carboxylic acids is 2. The summed E-state index contributed by atoms with van der Waals surface area (Å²) in [5, 5.41) is 0.666. The van der Waals surface area contributed by atoms with E-state index in [9.17, 15) is 9.59 Å². The van der Waals surface area contributed by atoms with E-state index >= 15 is 0 Å². The lowest BCUT2D eigenvalue weighted by Crippen LogP contribution is -2.28. The van der Waals surface area contributed by atoms with Crippen molar-refractivity contribution in [3.8, 4) is 5.69 Å². The van der Waals surface area contributed by atoms with Crippen molar-refractivity contribution < 1.29 is 19.1 Å². The second-order valence-corrected chi connectivity index (χ2v) is 7.53. The van der Waals surface area contributed by atoms with Crippen LogP contribution in [-0.2, 0) is 19.1 Å². The van der Waals surface area contributed by atoms with E-state index in [0.717, 1.165) is 22.6 Å². The minimum Gasteiger partial charge on any atom is -0.465 e. The molecule has 0 fully saturated rings. The Hall–Kier alpha value is -2.83. The molecule has 6 nitrogen and oxygen atoms in total. The molecule has 2 heterocycles. The van der Waals surface area contributed by atoms with Crippen molar-refractivity contribution in [2.45, 2.75) is 20.8 Å². The summed E-state index contributed by atoms with van der Waals surface area (Å²) in [6, 6.07) is 9.55. The molecule has 0 N–H and O–H groups in total. The molecule has 0 unspecified atom stereocenters. The molecule has 0 atom stereocenters. The smallest absolute Gasteiger partial charge is 0.340 e. The van der Waals surface area contributed by atoms with Crippen LogP contribution in [0.4, 0.5) is 0 Å². The molecule has 2 aromatic rings. The van der Waals surface area contributed by atoms with Gasteiger partial charge in [0.2, 0.25) is 0 Å². The van der Waals surface area contributed by atoms with Gasteiger partial charge in [0.05, 0.1) is 24.9 Å². The molecule has 3 rings (SSSR count). The first-order valence-corrected chi connectivity index (χ1v) is 9.94. The zero-order chi connectivity index (χ0) is 22.0. The standard InChI is InChI=1S/C23H25ClN2O4/c1-14-12-17(15(2)26(14)19-8-6-18(24)7-9-19)13-20-21(23(28)30-5)16(3)25(22(20)27)10-11-29-4/h6-9,12-13H,10-11H2,1-5H3/b20-13-. The zero-order valence-electron chi connectivity index (χ0n) is 17.8. The van der Waals surface area contributed by atoms with Crippen LogP contribution < -0.4 is 0 Å². The van der Waals surface area contributed by atoms with Crippen molar-refractivity contribution in [1.82, 2.24) is 9.47 Å². The van der Waals surface area contributed by atoms with Gasteiger partial charge in [-0.05, 0) is 62.7 Å². The third-order valence-electron chi connectivity index (χ3n) is 5.28. The van der Waals surface area contributed by atoms with E-state index in [2.05, 4.69) is 4.57 Å². The zero-order valence-corrected chi connectivity index (χ0v) is 18.5. The van der Waals surface area contributed by atoms with E-state index in [1.807, 2.05) is 44.2 Å². The number of benzene rings is 1. The number of hydrogen-bond donors (Lipinski definition) is 0. The van der Waals surface area contributed by atoms with E-state index in [-0.39, 0.29) is 11.5 Å². The van der Waals surface area contributed by atoms with E-state index in [1.54, 1.807) is 25.0 Å². The quantitative estimate of drug-likeness (QED) is 0.514. The maximum Gasteiger partial charge on any atom is 0.340 e. The van der Waals surface area contributed by atoms with Gasteiger partial charge in [0, 0.05) is 41.4 Å². The largest absolute Gasteiger partial charge is 0.465 e. The number of ether oxygens (including phenoxy) is 2. The van der Waals surface area contributed by atoms with E-state index < -0.39 is 5.97 Å². The number of hydrogen-bond acceptors (Lipinski definition) is 4. The first-order valence-electron chi connectivity index (χ1n) is 9.57. The Kier molecular flexibility index (Phi) is 6.48. The maximum atomic E-state index is 13.1. The molecule has 1 aromatic carbocycles. The van der Waals surface area contributed by atoms with Crippen LogP contribution in [0.2, 0.25) is 5.02 Å². The molecular weight excluding hydrogens is 404 g/mol. The molecular formula is C23H25ClN2O4. The van der Waals surface area contributed by atoms with Crippen molar-refractivity contribution >= 4 is 29.6 Å². The SMILES string of the molecule is COCCN1C(=O)/C(=C\c2cc(C)n(-c3ccc(Cl)cc3)c2C)C(C(=O)OC)=C1C. The first-order chi connectivity index (χ1) is 14.3. The van der Waals surface area contributed by atoms with Crippen molar-refractivity contribution in [2.75, 3.05) is 27.4 Å². The van der Waals surface area contributed by atoms with Gasteiger partial charge in [0.15, 0.2) is 0 Å². The van der Waals surface area contributed by atoms with Gasteiger partial charge in [-0.15, -0.1) is 0 Å². The summed E-state index contributed by atoms with van der Waals surface area (Å²) < 4.78 is 12.1. The number of rotatable bonds is 6. The number of carbonyl (C=O) groups is 2. The van der Waals surface area contributed by atoms with Crippen LogP contribution in [0.15, 0.2) is 47.2 Å². The molecule has 0 spiro atoms. The fourth-order valence-corrected chi connectivity index (χ4v) is 3.88. The van der Waals surface area contributed by atoms with Crippen molar-refractivity contribution in [1.29, 1.82) is 0 Å². The fourth-order valence-electron chi connectivity index (χ4n) is 3.76. The van der Waals surface area contributed by atoms with Gasteiger partial charge < -0.3 is 18.9 Å². The minimum atomic E-state index is -0.529. The Bertz CT molecular complexity index is 1050. The summed E-state index contributed by atoms with van der Waals surface area (Å²) in [5.74, 6) is -0.764. The van der Waals surface area contributed by atoms with Gasteiger partial charge >= 0.3 is 5.97 Å². The van der Waals surface area contributed by atoms with Crippen LogP contribution in [0.25, 0.3) is 11.8 Å². The van der Waals surface area contributed by atoms with Gasteiger partial charge in [0.1, 0.15) is 0 Å². The number of aryl methyl sites for hydroxylation is 1. The molecule has 0 radical (unpaired) electrons. The average molecular weight is 429 g/mol. The number of nitrogens with zero attached hydrogens (tertiary/aromatic N) is 2. The number of halogens is 1. The third-order valence-corrected chi connectivity index (χ3v) is 5.53. The van der Waals surface area contributed by atoms with Gasteiger partial charge in [-0.3, -0.25) is 4.79 Å². The third kappa shape index (κ3) is 3.93. The van der Waals surface area contributed by atoms with E-state index in [1.165, 1.54) is 7.11 Å². The van der Waals surface area contributed by atoms with Crippen LogP contribution in [-0.4, -0.2) is 48.7 Å². The molecule has 158 valence electrons. The maximum absolute atomic E-state index is 13.1. The molecule has 30 heavy (non-hydrogen) atoms. The van der Waals surface area contributed by atoms with Crippen LogP contribution in [0, 0.1) is 13.8 Å². The highest BCUT2D eigenvalue weighted by Gasteiger charge is 2.37. The number of amides is 1. The predicted molar refractivity (Wildman–Crippen MR) is 117 cm³/mol. The Morgan fingerprint density at radius 2 is 1.80 bits per heavy atom. The summed E-state index contributed by atoms with van der Waals surface area (Å²) >= 11 is 6.02. The molecule has 1 aromatic heterocycles. The number of allylic oxidation sites excluding steroid dienone is 1. The van der Waals surface area contributed by atoms with Crippen molar-refractivity contribution in [3.63, 3.8) is 0 Å². The molecule has 1 amide bonds. The van der Waals surface area contributed by atoms with Crippen LogP contribution in [0.5, 0.6) is 0 Å². The highest BCUT2D eigenvalue weighted by Crippen LogP contribution is 2.33. The Labute approximate surface area is 181 Å². The molecule has 1 aliphatic heterocycles. The number of methoxy groups -OCH3 is 2. The Morgan fingerprint density at radius 1 is 1.13 bits per heavy atom. The summed E-state index contributed by atoms with van der Waals surface area (Å²) in [5.41, 5.74) is 4.96. The molecule has 0 aliphatic carbocycles. The lowest BCUT2D eigenvalue weighted by molar-refractivity contribution is -0.136. The highest BCUT2D eigenvalue weighted by atomic mass is 35.5. The lowest BCUT2D eigenvalue weighted by atomic mass is 10.0. The van der Waals surface area contributed by atoms with Crippen LogP contribution >= 0.6 is 11.6 Å². The van der Waals surface area contributed by atoms with Gasteiger partial charge in [-0.25, -0.2) is 4.79 Å². The van der Waals surface area contributed by atoms with Gasteiger partial charge in [-0.2, -0.15) is 0 Å². The molecule has 0 saturated carbocycles. The summed E-state index contributed by atoms with van der Waals surface area (Å²) in [4.78, 5) is 27.1. The lowest BCUT2D eigenvalue weighted by Gasteiger charge is -2.16. The molecule has 0 bridgehead atoms. The summed E-state index contributed by atoms with van der Waals surface area (Å²) in [6.45, 7) is 6.45. The minimum absolute atomic E-state index is 0.235. The normalized spacial score (nSPS) is 15.5. The number of esters is 1. The Morgan fingerprint density at radius 3 is 2.40 bits per heavy atom. The van der Waals surface area contributed by atoms with E-state index in [0.29, 0.717) is 29.4 Å². The second-order valence-electron chi connectivity index (χ2n) is 7.10. The van der Waals surface area contributed by atoms with Crippen LogP contribution in [0.3, 0.4) is 0 Å². The van der Waals surface area contributed by atoms with Crippen molar-refractivity contribution in [3.05, 3.63) is 69.1 Å². The first kappa shape index (κ1) is 21.9. The van der Waals surface area contributed by atoms with E-state index in [4.69, 9.17) is 21.1 Å². The van der Waals surface area contributed by atoms with Gasteiger partial charge in [0.25, 0.3) is 5.91 Å². The monoisotopic (exact) mass is 428 g/mol. The van der Waals surface area contributed by atoms with Crippen LogP contribution in [0.1, 0.15) is 23.9 Å². The predicted octanol–water partition coefficient (Wildman–Crippen LogP) is 4.07. The topological polar surface area (TPSA) is 60.8 Å². The van der Waals surface area contributed by atoms with Gasteiger partial charge in [-0.1, -0.05) is 11.6 Å². The second kappa shape index (κ2) is 8.90. The molecule has 0 saturated heterocycles. The number of aromatic nitrogens is 1. The molecule has 7 heteroatoms. The summed E-state index contributed by atoms with van der Waals surface area (Å²) in [7, 11) is 2.89.